The van der Waals surface area contributed by atoms with Crippen LogP contribution in [0.5, 0.6) is 0 Å². The van der Waals surface area contributed by atoms with Crippen molar-refractivity contribution in [2.24, 2.45) is 0 Å². The van der Waals surface area contributed by atoms with Crippen molar-refractivity contribution in [3.8, 4) is 5.95 Å². The van der Waals surface area contributed by atoms with E-state index in [4.69, 9.17) is 5.73 Å². The van der Waals surface area contributed by atoms with Crippen LogP contribution >= 0.6 is 0 Å². The van der Waals surface area contributed by atoms with Crippen LogP contribution in [0.2, 0.25) is 0 Å². The maximum absolute atomic E-state index is 9.73. The molecule has 0 radical (unpaired) electrons. The Morgan fingerprint density at radius 3 is 2.71 bits per heavy atom. The molecule has 0 aliphatic heterocycles. The number of nitrogens with one attached hydrogen (secondary N) is 1. The van der Waals surface area contributed by atoms with E-state index in [9.17, 15) is 5.11 Å². The molecule has 0 saturated heterocycles. The van der Waals surface area contributed by atoms with Crippen LogP contribution in [0.3, 0.4) is 0 Å². The number of nitrogen functional groups attached to an aromatic ring is 1. The minimum absolute atomic E-state index is 0.0389. The monoisotopic (exact) mass is 290 g/mol. The zero-order chi connectivity index (χ0) is 14.7. The van der Waals surface area contributed by atoms with Crippen molar-refractivity contribution in [1.82, 2.24) is 29.7 Å². The predicted molar refractivity (Wildman–Crippen MR) is 75.7 cm³/mol. The number of aromatic nitrogens is 6. The highest BCUT2D eigenvalue weighted by atomic mass is 16.3. The highest BCUT2D eigenvalue weighted by Gasteiger charge is 2.32. The van der Waals surface area contributed by atoms with Gasteiger partial charge in [0.25, 0.3) is 5.95 Å². The standard InChI is InChI=1S/C12H18N8O/c13-9-16-10(18-11(17-9)20-8-14-7-15-20)19-12(6-21)4-2-1-3-5-12/h7-8,21H,1-6H2,(H3,13,16,17,18,19). The molecule has 21 heavy (non-hydrogen) atoms. The lowest BCUT2D eigenvalue weighted by Crippen LogP contribution is -2.44. The van der Waals surface area contributed by atoms with E-state index in [1.54, 1.807) is 0 Å². The number of aliphatic hydroxyl groups excluding tert-OH is 1. The molecule has 0 atom stereocenters. The molecule has 9 heteroatoms. The van der Waals surface area contributed by atoms with Crippen molar-refractivity contribution in [3.05, 3.63) is 12.7 Å². The molecule has 0 amide bonds. The Bertz CT molecular complexity index is 593. The minimum Gasteiger partial charge on any atom is -0.394 e. The van der Waals surface area contributed by atoms with Crippen LogP contribution in [0.1, 0.15) is 32.1 Å². The molecule has 9 nitrogen and oxygen atoms in total. The summed E-state index contributed by atoms with van der Waals surface area (Å²) in [5.74, 6) is 0.747. The summed E-state index contributed by atoms with van der Waals surface area (Å²) in [6, 6.07) is 0. The Labute approximate surface area is 121 Å². The van der Waals surface area contributed by atoms with Crippen molar-refractivity contribution in [1.29, 1.82) is 0 Å². The van der Waals surface area contributed by atoms with Crippen molar-refractivity contribution in [2.75, 3.05) is 17.7 Å². The summed E-state index contributed by atoms with van der Waals surface area (Å²) in [6.07, 6.45) is 7.98. The molecule has 2 heterocycles. The lowest BCUT2D eigenvalue weighted by Gasteiger charge is -2.36. The Morgan fingerprint density at radius 2 is 2.05 bits per heavy atom. The van der Waals surface area contributed by atoms with Gasteiger partial charge in [0, 0.05) is 0 Å². The number of anilines is 2. The molecule has 1 saturated carbocycles. The van der Waals surface area contributed by atoms with E-state index in [0.29, 0.717) is 11.9 Å². The van der Waals surface area contributed by atoms with Crippen LogP contribution in [0.25, 0.3) is 5.95 Å². The fourth-order valence-electron chi connectivity index (χ4n) is 2.64. The van der Waals surface area contributed by atoms with Crippen LogP contribution in [0.4, 0.5) is 11.9 Å². The summed E-state index contributed by atoms with van der Waals surface area (Å²) < 4.78 is 1.41. The third kappa shape index (κ3) is 2.92. The molecule has 112 valence electrons. The third-order valence-electron chi connectivity index (χ3n) is 3.75. The van der Waals surface area contributed by atoms with E-state index < -0.39 is 0 Å². The molecular formula is C12H18N8O. The first-order valence-electron chi connectivity index (χ1n) is 6.96. The van der Waals surface area contributed by atoms with Crippen LogP contribution in [-0.2, 0) is 0 Å². The fraction of sp³-hybridized carbons (Fsp3) is 0.583. The van der Waals surface area contributed by atoms with Crippen molar-refractivity contribution in [3.63, 3.8) is 0 Å². The summed E-state index contributed by atoms with van der Waals surface area (Å²) >= 11 is 0. The van der Waals surface area contributed by atoms with Gasteiger partial charge in [-0.05, 0) is 12.8 Å². The quantitative estimate of drug-likeness (QED) is 0.725. The predicted octanol–water partition coefficient (Wildman–Crippen LogP) is 0.142. The molecule has 0 aromatic carbocycles. The lowest BCUT2D eigenvalue weighted by molar-refractivity contribution is 0.172. The number of hydrogen-bond donors (Lipinski definition) is 3. The number of hydrogen-bond acceptors (Lipinski definition) is 8. The molecular weight excluding hydrogens is 272 g/mol. The molecule has 2 aromatic heterocycles. The molecule has 1 aliphatic carbocycles. The number of aliphatic hydroxyl groups is 1. The minimum atomic E-state index is -0.383. The first-order valence-corrected chi connectivity index (χ1v) is 6.96. The van der Waals surface area contributed by atoms with Gasteiger partial charge in [-0.2, -0.15) is 24.7 Å². The molecule has 4 N–H and O–H groups in total. The number of nitrogens with zero attached hydrogens (tertiary/aromatic N) is 6. The third-order valence-corrected chi connectivity index (χ3v) is 3.75. The van der Waals surface area contributed by atoms with Crippen molar-refractivity contribution < 1.29 is 5.11 Å². The van der Waals surface area contributed by atoms with E-state index in [1.807, 2.05) is 0 Å². The van der Waals surface area contributed by atoms with Crippen LogP contribution in [0.15, 0.2) is 12.7 Å². The number of rotatable bonds is 4. The zero-order valence-electron chi connectivity index (χ0n) is 11.6. The number of nitrogens with two attached hydrogens (primary N) is 1. The summed E-state index contributed by atoms with van der Waals surface area (Å²) in [6.45, 7) is 0.0389. The van der Waals surface area contributed by atoms with Gasteiger partial charge in [-0.1, -0.05) is 19.3 Å². The molecule has 3 rings (SSSR count). The maximum Gasteiger partial charge on any atom is 0.258 e. The molecule has 0 bridgehead atoms. The van der Waals surface area contributed by atoms with Crippen molar-refractivity contribution in [2.45, 2.75) is 37.6 Å². The van der Waals surface area contributed by atoms with Crippen molar-refractivity contribution >= 4 is 11.9 Å². The molecule has 2 aromatic rings. The normalized spacial score (nSPS) is 17.6. The molecule has 0 spiro atoms. The highest BCUT2D eigenvalue weighted by molar-refractivity contribution is 5.37. The van der Waals surface area contributed by atoms with Gasteiger partial charge in [0.2, 0.25) is 11.9 Å². The van der Waals surface area contributed by atoms with E-state index in [-0.39, 0.29) is 18.1 Å². The Kier molecular flexibility index (Phi) is 3.65. The smallest absolute Gasteiger partial charge is 0.258 e. The largest absolute Gasteiger partial charge is 0.394 e. The van der Waals surface area contributed by atoms with Gasteiger partial charge in [0.1, 0.15) is 12.7 Å². The zero-order valence-corrected chi connectivity index (χ0v) is 11.6. The van der Waals surface area contributed by atoms with E-state index in [0.717, 1.165) is 25.7 Å². The van der Waals surface area contributed by atoms with Gasteiger partial charge in [-0.3, -0.25) is 0 Å². The summed E-state index contributed by atoms with van der Waals surface area (Å²) in [5.41, 5.74) is 5.35. The second-order valence-corrected chi connectivity index (χ2v) is 5.28. The average Bonchev–Trinajstić information content (AvgIpc) is 3.02. The van der Waals surface area contributed by atoms with E-state index in [2.05, 4.69) is 30.4 Å². The highest BCUT2D eigenvalue weighted by Crippen LogP contribution is 2.30. The second kappa shape index (κ2) is 5.60. The first-order chi connectivity index (χ1) is 10.2. The summed E-state index contributed by atoms with van der Waals surface area (Å²) in [7, 11) is 0. The average molecular weight is 290 g/mol. The van der Waals surface area contributed by atoms with E-state index >= 15 is 0 Å². The lowest BCUT2D eigenvalue weighted by atomic mass is 9.82. The molecule has 1 aliphatic rings. The van der Waals surface area contributed by atoms with Gasteiger partial charge in [-0.15, -0.1) is 0 Å². The Hall–Kier alpha value is -2.29. The van der Waals surface area contributed by atoms with Gasteiger partial charge >= 0.3 is 0 Å². The van der Waals surface area contributed by atoms with Gasteiger partial charge in [0.05, 0.1) is 12.1 Å². The Morgan fingerprint density at radius 1 is 1.24 bits per heavy atom. The summed E-state index contributed by atoms with van der Waals surface area (Å²) in [5, 5.41) is 16.9. The van der Waals surface area contributed by atoms with Gasteiger partial charge in [0.15, 0.2) is 0 Å². The first kappa shape index (κ1) is 13.7. The van der Waals surface area contributed by atoms with Gasteiger partial charge < -0.3 is 16.2 Å². The van der Waals surface area contributed by atoms with Crippen LogP contribution in [0, 0.1) is 0 Å². The Balaban J connectivity index is 1.88. The second-order valence-electron chi connectivity index (χ2n) is 5.28. The molecule has 0 unspecified atom stereocenters. The van der Waals surface area contributed by atoms with Gasteiger partial charge in [-0.25, -0.2) is 4.98 Å². The molecule has 1 fully saturated rings. The SMILES string of the molecule is Nc1nc(NC2(CO)CCCCC2)nc(-n2cncn2)n1. The fourth-order valence-corrected chi connectivity index (χ4v) is 2.64. The van der Waals surface area contributed by atoms with Crippen LogP contribution in [-0.4, -0.2) is 47.0 Å². The topological polar surface area (TPSA) is 128 Å². The summed E-state index contributed by atoms with van der Waals surface area (Å²) in [4.78, 5) is 16.3. The van der Waals surface area contributed by atoms with Crippen LogP contribution < -0.4 is 11.1 Å². The maximum atomic E-state index is 9.73. The van der Waals surface area contributed by atoms with E-state index in [1.165, 1.54) is 23.8 Å².